The van der Waals surface area contributed by atoms with Gasteiger partial charge in [-0.1, -0.05) is 0 Å². The maximum absolute atomic E-state index is 5.09. The SMILES string of the molecule is CN(C)C(=S)n1cccc1. The molecule has 2 nitrogen and oxygen atoms in total. The molecule has 0 saturated heterocycles. The predicted octanol–water partition coefficient (Wildman–Crippen LogP) is 1.18. The van der Waals surface area contributed by atoms with Crippen LogP contribution in [-0.2, 0) is 0 Å². The molecule has 1 heterocycles. The molecule has 1 rings (SSSR count). The molecule has 0 aliphatic heterocycles. The second kappa shape index (κ2) is 2.84. The standard InChI is InChI=1S/C7H10N2S/c1-8(2)7(10)9-5-3-4-6-9/h3-6H,1-2H3. The third-order valence-electron chi connectivity index (χ3n) is 1.21. The van der Waals surface area contributed by atoms with E-state index >= 15 is 0 Å². The van der Waals surface area contributed by atoms with E-state index in [-0.39, 0.29) is 0 Å². The van der Waals surface area contributed by atoms with E-state index in [1.54, 1.807) is 0 Å². The minimum Gasteiger partial charge on any atom is -0.355 e. The highest BCUT2D eigenvalue weighted by atomic mass is 32.1. The van der Waals surface area contributed by atoms with Gasteiger partial charge in [0.15, 0.2) is 5.11 Å². The van der Waals surface area contributed by atoms with Crippen LogP contribution in [0.3, 0.4) is 0 Å². The van der Waals surface area contributed by atoms with Gasteiger partial charge in [-0.3, -0.25) is 0 Å². The van der Waals surface area contributed by atoms with E-state index in [9.17, 15) is 0 Å². The first-order chi connectivity index (χ1) is 4.72. The van der Waals surface area contributed by atoms with Crippen LogP contribution in [0.2, 0.25) is 0 Å². The Hall–Kier alpha value is -0.830. The molecule has 0 radical (unpaired) electrons. The first kappa shape index (κ1) is 7.28. The van der Waals surface area contributed by atoms with Gasteiger partial charge in [-0.15, -0.1) is 0 Å². The van der Waals surface area contributed by atoms with Crippen LogP contribution in [0.1, 0.15) is 0 Å². The van der Waals surface area contributed by atoms with Crippen molar-refractivity contribution >= 4 is 17.3 Å². The second-order valence-electron chi connectivity index (χ2n) is 2.27. The van der Waals surface area contributed by atoms with Crippen LogP contribution in [0.5, 0.6) is 0 Å². The molecule has 0 aliphatic carbocycles. The van der Waals surface area contributed by atoms with Crippen LogP contribution in [-0.4, -0.2) is 28.7 Å². The number of nitrogens with zero attached hydrogens (tertiary/aromatic N) is 2. The second-order valence-corrected chi connectivity index (χ2v) is 2.63. The fourth-order valence-electron chi connectivity index (χ4n) is 0.693. The Labute approximate surface area is 66.1 Å². The molecule has 54 valence electrons. The molecule has 0 aliphatic rings. The number of aromatic nitrogens is 1. The molecule has 0 fully saturated rings. The largest absolute Gasteiger partial charge is 0.355 e. The number of hydrogen-bond acceptors (Lipinski definition) is 1. The van der Waals surface area contributed by atoms with Crippen LogP contribution in [0.25, 0.3) is 0 Å². The van der Waals surface area contributed by atoms with Gasteiger partial charge in [0.1, 0.15) is 0 Å². The first-order valence-electron chi connectivity index (χ1n) is 3.06. The Morgan fingerprint density at radius 3 is 2.20 bits per heavy atom. The van der Waals surface area contributed by atoms with E-state index in [1.165, 1.54) is 0 Å². The molecule has 10 heavy (non-hydrogen) atoms. The first-order valence-corrected chi connectivity index (χ1v) is 3.47. The average Bonchev–Trinajstić information content (AvgIpc) is 2.36. The Kier molecular flexibility index (Phi) is 2.06. The lowest BCUT2D eigenvalue weighted by atomic mass is 10.7. The van der Waals surface area contributed by atoms with Gasteiger partial charge in [0.2, 0.25) is 0 Å². The quantitative estimate of drug-likeness (QED) is 0.518. The summed E-state index contributed by atoms with van der Waals surface area (Å²) in [5.41, 5.74) is 0. The van der Waals surface area contributed by atoms with Gasteiger partial charge in [0.05, 0.1) is 0 Å². The molecule has 0 aromatic carbocycles. The van der Waals surface area contributed by atoms with E-state index in [2.05, 4.69) is 0 Å². The summed E-state index contributed by atoms with van der Waals surface area (Å²) >= 11 is 5.09. The summed E-state index contributed by atoms with van der Waals surface area (Å²) in [5, 5.41) is 0.810. The summed E-state index contributed by atoms with van der Waals surface area (Å²) in [5.74, 6) is 0. The van der Waals surface area contributed by atoms with Crippen molar-refractivity contribution in [1.82, 2.24) is 9.47 Å². The zero-order valence-corrected chi connectivity index (χ0v) is 6.93. The summed E-state index contributed by atoms with van der Waals surface area (Å²) in [6.45, 7) is 0. The van der Waals surface area contributed by atoms with Crippen molar-refractivity contribution in [1.29, 1.82) is 0 Å². The van der Waals surface area contributed by atoms with Crippen molar-refractivity contribution in [2.24, 2.45) is 0 Å². The van der Waals surface area contributed by atoms with Crippen LogP contribution >= 0.6 is 12.2 Å². The minimum atomic E-state index is 0.810. The average molecular weight is 154 g/mol. The molecule has 0 saturated carbocycles. The van der Waals surface area contributed by atoms with Gasteiger partial charge in [-0.25, -0.2) is 0 Å². The van der Waals surface area contributed by atoms with Crippen molar-refractivity contribution in [3.8, 4) is 0 Å². The third kappa shape index (κ3) is 1.36. The van der Waals surface area contributed by atoms with Crippen LogP contribution in [0.4, 0.5) is 0 Å². The molecule has 0 bridgehead atoms. The van der Waals surface area contributed by atoms with Crippen molar-refractivity contribution < 1.29 is 0 Å². The van der Waals surface area contributed by atoms with E-state index in [4.69, 9.17) is 12.2 Å². The zero-order valence-electron chi connectivity index (χ0n) is 6.11. The van der Waals surface area contributed by atoms with E-state index < -0.39 is 0 Å². The highest BCUT2D eigenvalue weighted by Gasteiger charge is 1.97. The van der Waals surface area contributed by atoms with Crippen molar-refractivity contribution in [2.75, 3.05) is 14.1 Å². The molecule has 3 heteroatoms. The van der Waals surface area contributed by atoms with Crippen molar-refractivity contribution in [2.45, 2.75) is 0 Å². The fraction of sp³-hybridized carbons (Fsp3) is 0.286. The van der Waals surface area contributed by atoms with Crippen LogP contribution < -0.4 is 0 Å². The smallest absolute Gasteiger partial charge is 0.179 e. The monoisotopic (exact) mass is 154 g/mol. The maximum Gasteiger partial charge on any atom is 0.179 e. The molecule has 0 N–H and O–H groups in total. The maximum atomic E-state index is 5.09. The third-order valence-corrected chi connectivity index (χ3v) is 1.78. The van der Waals surface area contributed by atoms with Gasteiger partial charge in [0, 0.05) is 26.5 Å². The number of hydrogen-bond donors (Lipinski definition) is 0. The van der Waals surface area contributed by atoms with Gasteiger partial charge in [-0.2, -0.15) is 0 Å². The van der Waals surface area contributed by atoms with Gasteiger partial charge in [0.25, 0.3) is 0 Å². The molecule has 0 amide bonds. The molecular formula is C7H10N2S. The number of thiocarbonyl (C=S) groups is 1. The Bertz CT molecular complexity index is 214. The summed E-state index contributed by atoms with van der Waals surface area (Å²) < 4.78 is 1.90. The molecule has 1 aromatic rings. The molecule has 0 spiro atoms. The van der Waals surface area contributed by atoms with E-state index in [0.717, 1.165) is 5.11 Å². The van der Waals surface area contributed by atoms with Gasteiger partial charge in [-0.05, 0) is 24.4 Å². The lowest BCUT2D eigenvalue weighted by molar-refractivity contribution is 0.611. The molecule has 0 atom stereocenters. The molecular weight excluding hydrogens is 144 g/mol. The zero-order chi connectivity index (χ0) is 7.56. The van der Waals surface area contributed by atoms with Crippen molar-refractivity contribution in [3.05, 3.63) is 24.5 Å². The Morgan fingerprint density at radius 2 is 1.80 bits per heavy atom. The van der Waals surface area contributed by atoms with Gasteiger partial charge < -0.3 is 9.47 Å². The predicted molar refractivity (Wildman–Crippen MR) is 46.1 cm³/mol. The topological polar surface area (TPSA) is 8.17 Å². The Morgan fingerprint density at radius 1 is 1.30 bits per heavy atom. The van der Waals surface area contributed by atoms with E-state index in [1.807, 2.05) is 48.1 Å². The van der Waals surface area contributed by atoms with Gasteiger partial charge >= 0.3 is 0 Å². The summed E-state index contributed by atoms with van der Waals surface area (Å²) in [6, 6.07) is 3.91. The summed E-state index contributed by atoms with van der Waals surface area (Å²) in [4.78, 5) is 1.90. The van der Waals surface area contributed by atoms with E-state index in [0.29, 0.717) is 0 Å². The molecule has 1 aromatic heterocycles. The highest BCUT2D eigenvalue weighted by molar-refractivity contribution is 7.80. The fourth-order valence-corrected chi connectivity index (χ4v) is 0.815. The molecule has 0 unspecified atom stereocenters. The lowest BCUT2D eigenvalue weighted by Crippen LogP contribution is -2.25. The summed E-state index contributed by atoms with van der Waals surface area (Å²) in [7, 11) is 3.87. The van der Waals surface area contributed by atoms with Crippen LogP contribution in [0, 0.1) is 0 Å². The number of rotatable bonds is 0. The van der Waals surface area contributed by atoms with Crippen LogP contribution in [0.15, 0.2) is 24.5 Å². The minimum absolute atomic E-state index is 0.810. The highest BCUT2D eigenvalue weighted by Crippen LogP contribution is 1.92. The van der Waals surface area contributed by atoms with Crippen molar-refractivity contribution in [3.63, 3.8) is 0 Å². The Balaban J connectivity index is 2.78. The normalized spacial score (nSPS) is 9.40. The lowest BCUT2D eigenvalue weighted by Gasteiger charge is -2.13. The summed E-state index contributed by atoms with van der Waals surface area (Å²) in [6.07, 6.45) is 3.87.